The van der Waals surface area contributed by atoms with Crippen molar-refractivity contribution in [1.82, 2.24) is 9.55 Å². The van der Waals surface area contributed by atoms with E-state index in [1.165, 1.54) is 36.0 Å². The van der Waals surface area contributed by atoms with E-state index in [0.717, 1.165) is 30.6 Å². The van der Waals surface area contributed by atoms with Crippen LogP contribution in [0.15, 0.2) is 29.3 Å². The number of carbonyl (C=O) groups excluding carboxylic acids is 1. The summed E-state index contributed by atoms with van der Waals surface area (Å²) in [5.74, 6) is -0.682. The van der Waals surface area contributed by atoms with E-state index < -0.39 is 0 Å². The summed E-state index contributed by atoms with van der Waals surface area (Å²) in [4.78, 5) is 31.2. The minimum Gasteiger partial charge on any atom is -0.322 e. The first-order valence-corrected chi connectivity index (χ1v) is 10.3. The summed E-state index contributed by atoms with van der Waals surface area (Å²) in [5.41, 5.74) is 1.97. The number of hydrogen-bond donors (Lipinski definition) is 1. The fraction of sp³-hybridized carbons (Fsp3) is 0.381. The Morgan fingerprint density at radius 3 is 2.71 bits per heavy atom. The van der Waals surface area contributed by atoms with Gasteiger partial charge in [-0.3, -0.25) is 14.2 Å². The molecule has 0 saturated heterocycles. The first kappa shape index (κ1) is 18.8. The molecule has 0 unspecified atom stereocenters. The molecule has 7 heteroatoms. The molecule has 1 aliphatic carbocycles. The molecular weight excluding hydrogens is 377 g/mol. The molecule has 28 heavy (non-hydrogen) atoms. The maximum atomic E-state index is 13.3. The third-order valence-corrected chi connectivity index (χ3v) is 6.51. The van der Waals surface area contributed by atoms with E-state index in [2.05, 4.69) is 10.3 Å². The number of halogens is 1. The van der Waals surface area contributed by atoms with Crippen LogP contribution in [0.4, 0.5) is 10.1 Å². The number of rotatable bonds is 3. The number of carbonyl (C=O) groups is 1. The van der Waals surface area contributed by atoms with Gasteiger partial charge >= 0.3 is 0 Å². The summed E-state index contributed by atoms with van der Waals surface area (Å²) in [6.45, 7) is 3.56. The molecule has 4 rings (SSSR count). The van der Waals surface area contributed by atoms with Crippen molar-refractivity contribution in [1.29, 1.82) is 0 Å². The number of aryl methyl sites for hydroxylation is 2. The van der Waals surface area contributed by atoms with Gasteiger partial charge in [-0.15, -0.1) is 11.3 Å². The highest BCUT2D eigenvalue weighted by Crippen LogP contribution is 2.31. The molecule has 1 saturated carbocycles. The van der Waals surface area contributed by atoms with Crippen LogP contribution >= 0.6 is 11.3 Å². The van der Waals surface area contributed by atoms with Crippen molar-refractivity contribution in [3.63, 3.8) is 0 Å². The van der Waals surface area contributed by atoms with Gasteiger partial charge in [0.1, 0.15) is 16.0 Å². The molecule has 2 aromatic heterocycles. The summed E-state index contributed by atoms with van der Waals surface area (Å²) in [7, 11) is 0. The molecular formula is C21H22FN3O2S. The van der Waals surface area contributed by atoms with Gasteiger partial charge in [-0.1, -0.05) is 19.3 Å². The molecule has 0 aliphatic heterocycles. The van der Waals surface area contributed by atoms with E-state index in [1.807, 2.05) is 6.92 Å². The molecule has 0 atom stereocenters. The molecule has 3 aromatic rings. The van der Waals surface area contributed by atoms with E-state index in [0.29, 0.717) is 27.0 Å². The quantitative estimate of drug-likeness (QED) is 0.676. The van der Waals surface area contributed by atoms with Gasteiger partial charge in [0.05, 0.1) is 11.9 Å². The maximum Gasteiger partial charge on any atom is 0.271 e. The molecule has 2 heterocycles. The molecule has 1 amide bonds. The van der Waals surface area contributed by atoms with Crippen LogP contribution in [0.25, 0.3) is 10.2 Å². The van der Waals surface area contributed by atoms with E-state index in [4.69, 9.17) is 0 Å². The van der Waals surface area contributed by atoms with Crippen LogP contribution in [0.5, 0.6) is 0 Å². The van der Waals surface area contributed by atoms with Crippen molar-refractivity contribution in [3.05, 3.63) is 56.7 Å². The van der Waals surface area contributed by atoms with Gasteiger partial charge in [-0.25, -0.2) is 9.37 Å². The zero-order chi connectivity index (χ0) is 19.8. The molecule has 1 fully saturated rings. The summed E-state index contributed by atoms with van der Waals surface area (Å²) >= 11 is 1.31. The number of anilines is 1. The zero-order valence-electron chi connectivity index (χ0n) is 15.9. The van der Waals surface area contributed by atoms with Crippen LogP contribution in [0.3, 0.4) is 0 Å². The van der Waals surface area contributed by atoms with Crippen LogP contribution in [-0.2, 0) is 0 Å². The topological polar surface area (TPSA) is 64.0 Å². The van der Waals surface area contributed by atoms with Crippen LogP contribution in [-0.4, -0.2) is 15.5 Å². The first-order valence-electron chi connectivity index (χ1n) is 9.53. The Bertz CT molecular complexity index is 1110. The lowest BCUT2D eigenvalue weighted by atomic mass is 9.95. The molecule has 0 spiro atoms. The van der Waals surface area contributed by atoms with Gasteiger partial charge in [0.25, 0.3) is 11.5 Å². The van der Waals surface area contributed by atoms with Crippen molar-refractivity contribution in [3.8, 4) is 0 Å². The minimum absolute atomic E-state index is 0.0676. The average molecular weight is 399 g/mol. The second kappa shape index (κ2) is 7.47. The van der Waals surface area contributed by atoms with Crippen molar-refractivity contribution < 1.29 is 9.18 Å². The molecule has 0 bridgehead atoms. The number of amides is 1. The summed E-state index contributed by atoms with van der Waals surface area (Å²) in [6, 6.07) is 4.41. The molecule has 0 radical (unpaired) electrons. The van der Waals surface area contributed by atoms with Gasteiger partial charge in [-0.2, -0.15) is 0 Å². The monoisotopic (exact) mass is 399 g/mol. The van der Waals surface area contributed by atoms with Crippen molar-refractivity contribution in [2.45, 2.75) is 52.0 Å². The van der Waals surface area contributed by atoms with Crippen molar-refractivity contribution >= 4 is 33.1 Å². The Morgan fingerprint density at radius 2 is 2.00 bits per heavy atom. The molecule has 146 valence electrons. The van der Waals surface area contributed by atoms with Crippen LogP contribution in [0.1, 0.15) is 58.9 Å². The second-order valence-electron chi connectivity index (χ2n) is 7.37. The fourth-order valence-corrected chi connectivity index (χ4v) is 4.97. The Morgan fingerprint density at radius 1 is 1.25 bits per heavy atom. The third kappa shape index (κ3) is 3.35. The van der Waals surface area contributed by atoms with Crippen LogP contribution < -0.4 is 10.9 Å². The Hall–Kier alpha value is -2.54. The van der Waals surface area contributed by atoms with Gasteiger partial charge in [0.15, 0.2) is 0 Å². The number of aromatic nitrogens is 2. The highest BCUT2D eigenvalue weighted by Gasteiger charge is 2.23. The smallest absolute Gasteiger partial charge is 0.271 e. The largest absolute Gasteiger partial charge is 0.322 e. The summed E-state index contributed by atoms with van der Waals surface area (Å²) in [6.07, 6.45) is 7.05. The standard InChI is InChI=1S/C21H22FN3O2S/c1-12-10-14(22)8-9-16(12)24-20(26)17-13(2)28-19-18(17)23-11-25(21(19)27)15-6-4-3-5-7-15/h8-11,15H,3-7H2,1-2H3,(H,24,26). The van der Waals surface area contributed by atoms with Gasteiger partial charge in [0.2, 0.25) is 0 Å². The molecule has 5 nitrogen and oxygen atoms in total. The highest BCUT2D eigenvalue weighted by atomic mass is 32.1. The van der Waals surface area contributed by atoms with Crippen molar-refractivity contribution in [2.75, 3.05) is 5.32 Å². The van der Waals surface area contributed by atoms with E-state index in [9.17, 15) is 14.0 Å². The number of thiophene rings is 1. The lowest BCUT2D eigenvalue weighted by Gasteiger charge is -2.23. The molecule has 1 N–H and O–H groups in total. The second-order valence-corrected chi connectivity index (χ2v) is 8.60. The fourth-order valence-electron chi connectivity index (χ4n) is 3.93. The summed E-state index contributed by atoms with van der Waals surface area (Å²) < 4.78 is 15.6. The predicted molar refractivity (Wildman–Crippen MR) is 110 cm³/mol. The highest BCUT2D eigenvalue weighted by molar-refractivity contribution is 7.19. The molecule has 1 aromatic carbocycles. The number of fused-ring (bicyclic) bond motifs is 1. The van der Waals surface area contributed by atoms with E-state index in [1.54, 1.807) is 17.8 Å². The van der Waals surface area contributed by atoms with E-state index >= 15 is 0 Å². The Balaban J connectivity index is 1.71. The normalized spacial score (nSPS) is 15.1. The third-order valence-electron chi connectivity index (χ3n) is 5.43. The lowest BCUT2D eigenvalue weighted by Crippen LogP contribution is -2.26. The number of nitrogens with zero attached hydrogens (tertiary/aromatic N) is 2. The zero-order valence-corrected chi connectivity index (χ0v) is 16.7. The maximum absolute atomic E-state index is 13.3. The van der Waals surface area contributed by atoms with Crippen LogP contribution in [0.2, 0.25) is 0 Å². The van der Waals surface area contributed by atoms with Crippen molar-refractivity contribution in [2.24, 2.45) is 0 Å². The van der Waals surface area contributed by atoms with Gasteiger partial charge in [-0.05, 0) is 50.5 Å². The number of nitrogens with one attached hydrogen (secondary N) is 1. The Kier molecular flexibility index (Phi) is 5.02. The lowest BCUT2D eigenvalue weighted by molar-refractivity contribution is 0.102. The van der Waals surface area contributed by atoms with Gasteiger partial charge < -0.3 is 5.32 Å². The average Bonchev–Trinajstić information content (AvgIpc) is 3.02. The van der Waals surface area contributed by atoms with E-state index in [-0.39, 0.29) is 23.3 Å². The predicted octanol–water partition coefficient (Wildman–Crippen LogP) is 4.97. The number of benzene rings is 1. The number of hydrogen-bond acceptors (Lipinski definition) is 4. The summed E-state index contributed by atoms with van der Waals surface area (Å²) in [5, 5.41) is 2.82. The first-order chi connectivity index (χ1) is 13.5. The van der Waals surface area contributed by atoms with Gasteiger partial charge in [0, 0.05) is 16.6 Å². The Labute approximate surface area is 166 Å². The minimum atomic E-state index is -0.349. The van der Waals surface area contributed by atoms with Crippen LogP contribution in [0, 0.1) is 19.7 Å². The SMILES string of the molecule is Cc1cc(F)ccc1NC(=O)c1c(C)sc2c(=O)n(C3CCCCC3)cnc12. The molecule has 1 aliphatic rings.